The molecule has 1 aliphatic heterocycles. The number of aromatic hydroxyl groups is 1. The number of carbonyl (C=O) groups is 1. The van der Waals surface area contributed by atoms with E-state index in [9.17, 15) is 9.90 Å². The first-order valence-electron chi connectivity index (χ1n) is 9.63. The van der Waals surface area contributed by atoms with Gasteiger partial charge in [-0.3, -0.25) is 10.2 Å². The SMILES string of the molecule is COc1ccc(C2=C[C@@H](c3ccccc3)N(C(=O)/C=C\c3ccccc3)N2)c(O)c1. The van der Waals surface area contributed by atoms with Crippen LogP contribution in [0.15, 0.2) is 91.0 Å². The molecule has 2 N–H and O–H groups in total. The molecule has 3 aromatic carbocycles. The first-order chi connectivity index (χ1) is 14.7. The van der Waals surface area contributed by atoms with Gasteiger partial charge in [0.05, 0.1) is 18.8 Å². The van der Waals surface area contributed by atoms with Gasteiger partial charge in [0, 0.05) is 17.7 Å². The first-order valence-corrected chi connectivity index (χ1v) is 9.63. The molecule has 0 fully saturated rings. The van der Waals surface area contributed by atoms with Crippen molar-refractivity contribution in [2.45, 2.75) is 6.04 Å². The van der Waals surface area contributed by atoms with E-state index in [4.69, 9.17) is 4.74 Å². The average molecular weight is 398 g/mol. The molecule has 0 spiro atoms. The number of hydrogen-bond acceptors (Lipinski definition) is 4. The number of phenolic OH excluding ortho intramolecular Hbond substituents is 1. The Morgan fingerprint density at radius 3 is 2.40 bits per heavy atom. The number of methoxy groups -OCH3 is 1. The molecule has 5 nitrogen and oxygen atoms in total. The maximum absolute atomic E-state index is 13.0. The van der Waals surface area contributed by atoms with Crippen LogP contribution < -0.4 is 10.2 Å². The Kier molecular flexibility index (Phi) is 5.52. The molecular formula is C25H22N2O3. The fraction of sp³-hybridized carbons (Fsp3) is 0.0800. The lowest BCUT2D eigenvalue weighted by Gasteiger charge is -2.24. The number of hydrogen-bond donors (Lipinski definition) is 2. The van der Waals surface area contributed by atoms with Gasteiger partial charge in [-0.15, -0.1) is 0 Å². The second kappa shape index (κ2) is 8.57. The zero-order valence-electron chi connectivity index (χ0n) is 16.5. The largest absolute Gasteiger partial charge is 0.507 e. The van der Waals surface area contributed by atoms with Gasteiger partial charge in [0.1, 0.15) is 11.5 Å². The van der Waals surface area contributed by atoms with E-state index in [0.29, 0.717) is 17.0 Å². The van der Waals surface area contributed by atoms with E-state index < -0.39 is 0 Å². The van der Waals surface area contributed by atoms with Gasteiger partial charge in [-0.05, 0) is 35.4 Å². The summed E-state index contributed by atoms with van der Waals surface area (Å²) >= 11 is 0. The molecule has 0 saturated heterocycles. The molecule has 4 rings (SSSR count). The van der Waals surface area contributed by atoms with Crippen molar-refractivity contribution in [1.82, 2.24) is 10.4 Å². The predicted octanol–water partition coefficient (Wildman–Crippen LogP) is 4.54. The summed E-state index contributed by atoms with van der Waals surface area (Å²) in [6.45, 7) is 0. The van der Waals surface area contributed by atoms with Gasteiger partial charge in [0.15, 0.2) is 0 Å². The molecule has 0 unspecified atom stereocenters. The third-order valence-corrected chi connectivity index (χ3v) is 4.94. The summed E-state index contributed by atoms with van der Waals surface area (Å²) < 4.78 is 5.16. The van der Waals surface area contributed by atoms with Crippen molar-refractivity contribution in [2.75, 3.05) is 7.11 Å². The van der Waals surface area contributed by atoms with Gasteiger partial charge in [-0.2, -0.15) is 0 Å². The van der Waals surface area contributed by atoms with Gasteiger partial charge in [0.25, 0.3) is 5.91 Å². The lowest BCUT2D eigenvalue weighted by molar-refractivity contribution is -0.129. The molecule has 0 saturated carbocycles. The molecular weight excluding hydrogens is 376 g/mol. The highest BCUT2D eigenvalue weighted by Crippen LogP contribution is 2.35. The van der Waals surface area contributed by atoms with E-state index in [-0.39, 0.29) is 17.7 Å². The maximum atomic E-state index is 13.0. The van der Waals surface area contributed by atoms with Crippen LogP contribution in [0.2, 0.25) is 0 Å². The topological polar surface area (TPSA) is 61.8 Å². The number of phenols is 1. The Morgan fingerprint density at radius 1 is 1.03 bits per heavy atom. The van der Waals surface area contributed by atoms with Crippen LogP contribution in [0.1, 0.15) is 22.7 Å². The molecule has 1 heterocycles. The molecule has 0 radical (unpaired) electrons. The highest BCUT2D eigenvalue weighted by Gasteiger charge is 2.30. The third-order valence-electron chi connectivity index (χ3n) is 4.94. The van der Waals surface area contributed by atoms with Crippen LogP contribution in [0.5, 0.6) is 11.5 Å². The molecule has 150 valence electrons. The minimum absolute atomic E-state index is 0.0778. The number of nitrogens with zero attached hydrogens (tertiary/aromatic N) is 1. The zero-order chi connectivity index (χ0) is 20.9. The van der Waals surface area contributed by atoms with E-state index in [0.717, 1.165) is 11.1 Å². The van der Waals surface area contributed by atoms with Crippen LogP contribution in [-0.4, -0.2) is 23.1 Å². The summed E-state index contributed by atoms with van der Waals surface area (Å²) in [4.78, 5) is 13.0. The first kappa shape index (κ1) is 19.3. The van der Waals surface area contributed by atoms with Gasteiger partial charge in [-0.1, -0.05) is 60.7 Å². The van der Waals surface area contributed by atoms with Crippen LogP contribution in [0.4, 0.5) is 0 Å². The number of benzene rings is 3. The molecule has 0 bridgehead atoms. The fourth-order valence-corrected chi connectivity index (χ4v) is 3.38. The molecule has 1 amide bonds. The van der Waals surface area contributed by atoms with Crippen LogP contribution in [0, 0.1) is 0 Å². The zero-order valence-corrected chi connectivity index (χ0v) is 16.5. The molecule has 0 aromatic heterocycles. The molecule has 1 aliphatic rings. The number of carbonyl (C=O) groups excluding carboxylic acids is 1. The Labute approximate surface area is 175 Å². The second-order valence-corrected chi connectivity index (χ2v) is 6.88. The number of amides is 1. The van der Waals surface area contributed by atoms with Gasteiger partial charge in [0.2, 0.25) is 0 Å². The van der Waals surface area contributed by atoms with Gasteiger partial charge in [-0.25, -0.2) is 5.01 Å². The van der Waals surface area contributed by atoms with Gasteiger partial charge < -0.3 is 9.84 Å². The molecule has 5 heteroatoms. The van der Waals surface area contributed by atoms with Crippen LogP contribution in [0.3, 0.4) is 0 Å². The Bertz CT molecular complexity index is 1090. The van der Waals surface area contributed by atoms with E-state index in [1.165, 1.54) is 0 Å². The predicted molar refractivity (Wildman–Crippen MR) is 117 cm³/mol. The lowest BCUT2D eigenvalue weighted by atomic mass is 10.0. The van der Waals surface area contributed by atoms with E-state index in [1.54, 1.807) is 42.5 Å². The smallest absolute Gasteiger partial charge is 0.265 e. The highest BCUT2D eigenvalue weighted by atomic mass is 16.5. The Hall–Kier alpha value is -3.99. The Balaban J connectivity index is 1.65. The van der Waals surface area contributed by atoms with Gasteiger partial charge >= 0.3 is 0 Å². The average Bonchev–Trinajstić information content (AvgIpc) is 3.24. The molecule has 30 heavy (non-hydrogen) atoms. The number of rotatable bonds is 5. The van der Waals surface area contributed by atoms with Crippen molar-refractivity contribution >= 4 is 17.7 Å². The summed E-state index contributed by atoms with van der Waals surface area (Å²) in [5.41, 5.74) is 6.33. The maximum Gasteiger partial charge on any atom is 0.265 e. The van der Waals surface area contributed by atoms with E-state index in [2.05, 4.69) is 5.43 Å². The standard InChI is InChI=1S/C25H22N2O3/c1-30-20-13-14-21(24(28)16-20)22-17-23(19-10-6-3-7-11-19)27(26-22)25(29)15-12-18-8-4-2-5-9-18/h2-17,23,26,28H,1H3/b15-12-/t23-/m0/s1. The highest BCUT2D eigenvalue weighted by molar-refractivity contribution is 5.93. The number of ether oxygens (including phenoxy) is 1. The van der Waals surface area contributed by atoms with E-state index >= 15 is 0 Å². The van der Waals surface area contributed by atoms with Crippen LogP contribution >= 0.6 is 0 Å². The van der Waals surface area contributed by atoms with Crippen molar-refractivity contribution in [3.63, 3.8) is 0 Å². The molecule has 1 atom stereocenters. The fourth-order valence-electron chi connectivity index (χ4n) is 3.38. The summed E-state index contributed by atoms with van der Waals surface area (Å²) in [5.74, 6) is 0.453. The monoisotopic (exact) mass is 398 g/mol. The number of nitrogens with one attached hydrogen (secondary N) is 1. The normalized spacial score (nSPS) is 15.7. The Morgan fingerprint density at radius 2 is 1.73 bits per heavy atom. The summed E-state index contributed by atoms with van der Waals surface area (Å²) in [5, 5.41) is 12.0. The summed E-state index contributed by atoms with van der Waals surface area (Å²) in [7, 11) is 1.55. The number of hydrazine groups is 1. The van der Waals surface area contributed by atoms with Crippen LogP contribution in [0.25, 0.3) is 11.8 Å². The van der Waals surface area contributed by atoms with Crippen molar-refractivity contribution in [2.24, 2.45) is 0 Å². The quantitative estimate of drug-likeness (QED) is 0.620. The van der Waals surface area contributed by atoms with Crippen LogP contribution in [-0.2, 0) is 4.79 Å². The molecule has 0 aliphatic carbocycles. The minimum atomic E-state index is -0.310. The van der Waals surface area contributed by atoms with Crippen molar-refractivity contribution < 1.29 is 14.6 Å². The minimum Gasteiger partial charge on any atom is -0.507 e. The van der Waals surface area contributed by atoms with Crippen molar-refractivity contribution in [1.29, 1.82) is 0 Å². The van der Waals surface area contributed by atoms with Crippen molar-refractivity contribution in [3.05, 3.63) is 108 Å². The summed E-state index contributed by atoms with van der Waals surface area (Å²) in [6, 6.07) is 24.2. The van der Waals surface area contributed by atoms with Crippen molar-refractivity contribution in [3.8, 4) is 11.5 Å². The van der Waals surface area contributed by atoms with E-state index in [1.807, 2.05) is 66.7 Å². The summed E-state index contributed by atoms with van der Waals surface area (Å²) in [6.07, 6.45) is 5.27. The lowest BCUT2D eigenvalue weighted by Crippen LogP contribution is -2.38. The third kappa shape index (κ3) is 4.05. The second-order valence-electron chi connectivity index (χ2n) is 6.88. The molecule has 3 aromatic rings.